The molecule has 6 heterocycles. The summed E-state index contributed by atoms with van der Waals surface area (Å²) in [6.07, 6.45) is 14.1. The summed E-state index contributed by atoms with van der Waals surface area (Å²) in [5.41, 5.74) is 7.92. The summed E-state index contributed by atoms with van der Waals surface area (Å²) in [7, 11) is 0. The average molecular weight is 729 g/mol. The number of anilines is 2. The number of furan rings is 2. The van der Waals surface area contributed by atoms with Crippen LogP contribution in [-0.4, -0.2) is 69.3 Å². The molecule has 2 aliphatic rings. The standard InChI is InChI=1S/C22H27N3O2.C22H25N3O2/c1-22(2,3)25-10-8-15(9-11-25)18-14-23-19-7-6-16(13-17(18)19)24-21(26)20-5-4-12-27-20;1-3-15(2)25-10-8-16(9-11-25)19-14-23-20-7-6-17(13-18(19)20)24-22(26)21-5-4-12-27-21/h4-7,12-15,23H,8-11H2,1-3H3,(H,24,26);4-8,12-15,23H,3,9-11H2,1-2H3,(H,24,26). The smallest absolute Gasteiger partial charge is 0.291 e. The number of aromatic amines is 2. The van der Waals surface area contributed by atoms with E-state index in [1.807, 2.05) is 30.3 Å². The number of piperidine rings is 1. The van der Waals surface area contributed by atoms with Crippen LogP contribution in [0.25, 0.3) is 27.4 Å². The minimum Gasteiger partial charge on any atom is -0.459 e. The van der Waals surface area contributed by atoms with E-state index in [1.165, 1.54) is 41.0 Å². The molecule has 6 aromatic rings. The zero-order valence-electron chi connectivity index (χ0n) is 32.0. The van der Waals surface area contributed by atoms with E-state index in [-0.39, 0.29) is 17.4 Å². The quantitative estimate of drug-likeness (QED) is 0.124. The Hall–Kier alpha value is -5.32. The molecule has 2 aliphatic heterocycles. The second-order valence-electron chi connectivity index (χ2n) is 15.5. The first-order chi connectivity index (χ1) is 26.1. The number of aromatic nitrogens is 2. The van der Waals surface area contributed by atoms with Crippen LogP contribution in [0.2, 0.25) is 0 Å². The van der Waals surface area contributed by atoms with Crippen molar-refractivity contribution in [2.75, 3.05) is 36.8 Å². The summed E-state index contributed by atoms with van der Waals surface area (Å²) < 4.78 is 10.3. The van der Waals surface area contributed by atoms with E-state index in [0.717, 1.165) is 73.2 Å². The molecule has 10 nitrogen and oxygen atoms in total. The minimum atomic E-state index is -0.238. The predicted octanol–water partition coefficient (Wildman–Crippen LogP) is 9.89. The van der Waals surface area contributed by atoms with E-state index in [1.54, 1.807) is 24.3 Å². The molecule has 10 heteroatoms. The Morgan fingerprint density at radius 2 is 1.43 bits per heavy atom. The van der Waals surface area contributed by atoms with Crippen molar-refractivity contribution in [2.45, 2.75) is 77.8 Å². The monoisotopic (exact) mass is 728 g/mol. The van der Waals surface area contributed by atoms with Gasteiger partial charge in [0, 0.05) is 75.8 Å². The summed E-state index contributed by atoms with van der Waals surface area (Å²) >= 11 is 0. The normalized spacial score (nSPS) is 16.5. The third-order valence-electron chi connectivity index (χ3n) is 11.1. The lowest BCUT2D eigenvalue weighted by Gasteiger charge is -2.40. The first-order valence-electron chi connectivity index (χ1n) is 19.2. The van der Waals surface area contributed by atoms with Gasteiger partial charge in [0.15, 0.2) is 11.5 Å². The predicted molar refractivity (Wildman–Crippen MR) is 217 cm³/mol. The second-order valence-corrected chi connectivity index (χ2v) is 15.5. The summed E-state index contributed by atoms with van der Waals surface area (Å²) in [5.74, 6) is 0.712. The number of nitrogens with zero attached hydrogens (tertiary/aromatic N) is 2. The average Bonchev–Trinajstić information content (AvgIpc) is 4.02. The van der Waals surface area contributed by atoms with Crippen LogP contribution in [0.3, 0.4) is 0 Å². The Balaban J connectivity index is 0.000000167. The van der Waals surface area contributed by atoms with Gasteiger partial charge < -0.3 is 29.4 Å². The highest BCUT2D eigenvalue weighted by atomic mass is 16.3. The molecule has 0 bridgehead atoms. The second kappa shape index (κ2) is 16.0. The summed E-state index contributed by atoms with van der Waals surface area (Å²) in [4.78, 5) is 36.3. The van der Waals surface area contributed by atoms with E-state index in [4.69, 9.17) is 8.83 Å². The largest absolute Gasteiger partial charge is 0.459 e. The number of fused-ring (bicyclic) bond motifs is 2. The van der Waals surface area contributed by atoms with Crippen LogP contribution in [-0.2, 0) is 0 Å². The van der Waals surface area contributed by atoms with Crippen molar-refractivity contribution in [1.29, 1.82) is 0 Å². The van der Waals surface area contributed by atoms with Gasteiger partial charge in [-0.3, -0.25) is 19.4 Å². The van der Waals surface area contributed by atoms with Crippen LogP contribution in [0.5, 0.6) is 0 Å². The van der Waals surface area contributed by atoms with Gasteiger partial charge >= 0.3 is 0 Å². The molecule has 0 radical (unpaired) electrons. The van der Waals surface area contributed by atoms with Crippen LogP contribution < -0.4 is 10.6 Å². The molecule has 0 aliphatic carbocycles. The Bertz CT molecular complexity index is 2210. The highest BCUT2D eigenvalue weighted by Crippen LogP contribution is 2.36. The molecule has 4 N–H and O–H groups in total. The molecule has 282 valence electrons. The first-order valence-corrected chi connectivity index (χ1v) is 19.2. The van der Waals surface area contributed by atoms with Gasteiger partial charge in [-0.1, -0.05) is 13.0 Å². The van der Waals surface area contributed by atoms with E-state index in [0.29, 0.717) is 23.5 Å². The Kier molecular flexibility index (Phi) is 10.9. The van der Waals surface area contributed by atoms with Crippen molar-refractivity contribution in [1.82, 2.24) is 19.8 Å². The fraction of sp³-hybridized carbons (Fsp3) is 0.364. The molecule has 0 spiro atoms. The van der Waals surface area contributed by atoms with Gasteiger partial charge in [0.1, 0.15) is 0 Å². The maximum absolute atomic E-state index is 12.2. The molecule has 1 saturated heterocycles. The molecule has 8 rings (SSSR count). The topological polar surface area (TPSA) is 123 Å². The Morgan fingerprint density at radius 3 is 1.96 bits per heavy atom. The molecule has 1 atom stereocenters. The molecule has 0 saturated carbocycles. The maximum atomic E-state index is 12.2. The maximum Gasteiger partial charge on any atom is 0.291 e. The van der Waals surface area contributed by atoms with Gasteiger partial charge in [-0.05, 0) is 144 Å². The van der Waals surface area contributed by atoms with Gasteiger partial charge in [-0.2, -0.15) is 0 Å². The molecule has 54 heavy (non-hydrogen) atoms. The highest BCUT2D eigenvalue weighted by Gasteiger charge is 2.29. The fourth-order valence-corrected chi connectivity index (χ4v) is 7.67. The molecule has 2 amide bonds. The van der Waals surface area contributed by atoms with E-state index >= 15 is 0 Å². The number of benzene rings is 2. The molecular formula is C44H52N6O4. The van der Waals surface area contributed by atoms with Crippen LogP contribution in [0.15, 0.2) is 100 Å². The van der Waals surface area contributed by atoms with Crippen molar-refractivity contribution in [3.05, 3.63) is 114 Å². The first kappa shape index (κ1) is 37.0. The van der Waals surface area contributed by atoms with E-state index in [9.17, 15) is 9.59 Å². The third-order valence-corrected chi connectivity index (χ3v) is 11.1. The van der Waals surface area contributed by atoms with Crippen molar-refractivity contribution >= 4 is 50.6 Å². The number of carbonyl (C=O) groups excluding carboxylic acids is 2. The van der Waals surface area contributed by atoms with Crippen molar-refractivity contribution in [3.8, 4) is 0 Å². The molecule has 4 aromatic heterocycles. The van der Waals surface area contributed by atoms with Gasteiger partial charge in [-0.15, -0.1) is 0 Å². The lowest BCUT2D eigenvalue weighted by molar-refractivity contribution is 0.0989. The number of H-pyrrole nitrogens is 2. The molecule has 1 fully saturated rings. The number of carbonyl (C=O) groups is 2. The zero-order valence-corrected chi connectivity index (χ0v) is 32.0. The highest BCUT2D eigenvalue weighted by molar-refractivity contribution is 6.04. The van der Waals surface area contributed by atoms with Crippen molar-refractivity contribution in [2.24, 2.45) is 0 Å². The van der Waals surface area contributed by atoms with Crippen LogP contribution in [0.4, 0.5) is 11.4 Å². The van der Waals surface area contributed by atoms with Crippen LogP contribution in [0.1, 0.15) is 98.5 Å². The lowest BCUT2D eigenvalue weighted by Crippen LogP contribution is -2.45. The number of amides is 2. The number of rotatable bonds is 8. The van der Waals surface area contributed by atoms with Gasteiger partial charge in [0.2, 0.25) is 0 Å². The Morgan fingerprint density at radius 1 is 0.833 bits per heavy atom. The van der Waals surface area contributed by atoms with E-state index in [2.05, 4.69) is 89.6 Å². The van der Waals surface area contributed by atoms with Gasteiger partial charge in [0.25, 0.3) is 11.8 Å². The molecular weight excluding hydrogens is 677 g/mol. The number of nitrogens with one attached hydrogen (secondary N) is 4. The van der Waals surface area contributed by atoms with Gasteiger partial charge in [-0.25, -0.2) is 0 Å². The van der Waals surface area contributed by atoms with Crippen molar-refractivity contribution < 1.29 is 18.4 Å². The number of hydrogen-bond donors (Lipinski definition) is 4. The minimum absolute atomic E-state index is 0.227. The number of hydrogen-bond acceptors (Lipinski definition) is 6. The van der Waals surface area contributed by atoms with E-state index < -0.39 is 0 Å². The Labute approximate surface area is 317 Å². The summed E-state index contributed by atoms with van der Waals surface area (Å²) in [6.45, 7) is 15.7. The fourth-order valence-electron chi connectivity index (χ4n) is 7.67. The van der Waals surface area contributed by atoms with Gasteiger partial charge in [0.05, 0.1) is 12.5 Å². The molecule has 1 unspecified atom stereocenters. The molecule has 2 aromatic carbocycles. The van der Waals surface area contributed by atoms with Crippen LogP contribution >= 0.6 is 0 Å². The third kappa shape index (κ3) is 8.25. The zero-order chi connectivity index (χ0) is 37.8. The van der Waals surface area contributed by atoms with Crippen molar-refractivity contribution in [3.63, 3.8) is 0 Å². The number of likely N-dealkylation sites (tertiary alicyclic amines) is 1. The summed E-state index contributed by atoms with van der Waals surface area (Å²) in [5, 5.41) is 8.17. The summed E-state index contributed by atoms with van der Waals surface area (Å²) in [6, 6.07) is 19.3. The van der Waals surface area contributed by atoms with Crippen LogP contribution in [0, 0.1) is 0 Å². The lowest BCUT2D eigenvalue weighted by atomic mass is 9.87. The SMILES string of the molecule is CC(C)(C)N1CCC(c2c[nH]c3ccc(NC(=O)c4ccco4)cc23)CC1.CCC(C)N1CC=C(c2c[nH]c3ccc(NC(=O)c4ccco4)cc23)CC1.